The van der Waals surface area contributed by atoms with Gasteiger partial charge in [-0.1, -0.05) is 19.9 Å². The number of nitrogens with one attached hydrogen (secondary N) is 2. The van der Waals surface area contributed by atoms with Crippen LogP contribution in [0.2, 0.25) is 0 Å². The largest absolute Gasteiger partial charge is 0.497 e. The first-order chi connectivity index (χ1) is 11.2. The fourth-order valence-electron chi connectivity index (χ4n) is 2.20. The molecule has 0 saturated carbocycles. The van der Waals surface area contributed by atoms with Crippen LogP contribution in [0.3, 0.4) is 0 Å². The molecular formula is C17H22N4O2. The van der Waals surface area contributed by atoms with Gasteiger partial charge in [0.05, 0.1) is 7.11 Å². The van der Waals surface area contributed by atoms with E-state index in [1.165, 1.54) is 0 Å². The maximum absolute atomic E-state index is 12.0. The summed E-state index contributed by atoms with van der Waals surface area (Å²) in [6.07, 6.45) is 1.62. The molecule has 0 aliphatic carbocycles. The van der Waals surface area contributed by atoms with Crippen LogP contribution >= 0.6 is 0 Å². The minimum absolute atomic E-state index is 0.00591. The number of carbonyl (C=O) groups is 1. The van der Waals surface area contributed by atoms with Crippen molar-refractivity contribution in [2.45, 2.75) is 26.7 Å². The Morgan fingerprint density at radius 2 is 1.83 bits per heavy atom. The lowest BCUT2D eigenvalue weighted by Gasteiger charge is -2.12. The highest BCUT2D eigenvalue weighted by atomic mass is 16.5. The summed E-state index contributed by atoms with van der Waals surface area (Å²) in [5, 5.41) is 14.0. The first kappa shape index (κ1) is 16.7. The van der Waals surface area contributed by atoms with E-state index in [9.17, 15) is 4.79 Å². The molecule has 1 aromatic carbocycles. The molecule has 0 spiro atoms. The second kappa shape index (κ2) is 8.12. The molecule has 2 N–H and O–H groups in total. The number of anilines is 3. The maximum Gasteiger partial charge on any atom is 0.228 e. The van der Waals surface area contributed by atoms with E-state index in [-0.39, 0.29) is 11.8 Å². The van der Waals surface area contributed by atoms with Crippen LogP contribution in [-0.4, -0.2) is 23.2 Å². The quantitative estimate of drug-likeness (QED) is 0.816. The first-order valence-corrected chi connectivity index (χ1v) is 7.72. The van der Waals surface area contributed by atoms with Crippen molar-refractivity contribution < 1.29 is 9.53 Å². The van der Waals surface area contributed by atoms with Crippen molar-refractivity contribution in [2.24, 2.45) is 5.92 Å². The topological polar surface area (TPSA) is 76.1 Å². The number of ether oxygens (including phenoxy) is 1. The minimum atomic E-state index is -0.0159. The van der Waals surface area contributed by atoms with Crippen LogP contribution in [-0.2, 0) is 4.79 Å². The number of benzene rings is 1. The lowest BCUT2D eigenvalue weighted by atomic mass is 10.0. The Morgan fingerprint density at radius 1 is 1.13 bits per heavy atom. The molecule has 0 aliphatic heterocycles. The zero-order valence-corrected chi connectivity index (χ0v) is 13.7. The molecule has 1 aromatic heterocycles. The van der Waals surface area contributed by atoms with E-state index in [1.54, 1.807) is 19.2 Å². The third-order valence-electron chi connectivity index (χ3n) is 3.61. The molecule has 6 heteroatoms. The molecule has 0 fully saturated rings. The van der Waals surface area contributed by atoms with Crippen molar-refractivity contribution in [3.05, 3.63) is 36.4 Å². The van der Waals surface area contributed by atoms with Gasteiger partial charge in [-0.25, -0.2) is 0 Å². The summed E-state index contributed by atoms with van der Waals surface area (Å²) in [4.78, 5) is 12.0. The van der Waals surface area contributed by atoms with Gasteiger partial charge >= 0.3 is 0 Å². The zero-order chi connectivity index (χ0) is 16.7. The average Bonchev–Trinajstić information content (AvgIpc) is 2.58. The molecule has 6 nitrogen and oxygen atoms in total. The smallest absolute Gasteiger partial charge is 0.228 e. The van der Waals surface area contributed by atoms with E-state index < -0.39 is 0 Å². The third kappa shape index (κ3) is 4.67. The van der Waals surface area contributed by atoms with Crippen molar-refractivity contribution in [2.75, 3.05) is 17.7 Å². The number of rotatable bonds is 7. The number of aromatic nitrogens is 2. The fraction of sp³-hybridized carbons (Fsp3) is 0.353. The van der Waals surface area contributed by atoms with Crippen LogP contribution in [0.1, 0.15) is 26.7 Å². The van der Waals surface area contributed by atoms with Crippen molar-refractivity contribution in [1.82, 2.24) is 10.2 Å². The Labute approximate surface area is 136 Å². The lowest BCUT2D eigenvalue weighted by molar-refractivity contribution is -0.120. The highest BCUT2D eigenvalue weighted by Crippen LogP contribution is 2.20. The van der Waals surface area contributed by atoms with Gasteiger partial charge in [0.2, 0.25) is 5.91 Å². The van der Waals surface area contributed by atoms with Gasteiger partial charge in [-0.05, 0) is 37.1 Å². The Bertz CT molecular complexity index is 639. The van der Waals surface area contributed by atoms with Crippen molar-refractivity contribution >= 4 is 23.2 Å². The molecule has 0 aliphatic rings. The number of hydrogen-bond donors (Lipinski definition) is 2. The first-order valence-electron chi connectivity index (χ1n) is 7.72. The second-order valence-electron chi connectivity index (χ2n) is 5.16. The van der Waals surface area contributed by atoms with E-state index >= 15 is 0 Å². The molecule has 2 aromatic rings. The Kier molecular flexibility index (Phi) is 5.91. The number of hydrogen-bond acceptors (Lipinski definition) is 5. The van der Waals surface area contributed by atoms with E-state index in [0.29, 0.717) is 11.6 Å². The van der Waals surface area contributed by atoms with Crippen LogP contribution < -0.4 is 15.4 Å². The predicted octanol–water partition coefficient (Wildman–Crippen LogP) is 3.60. The molecule has 1 heterocycles. The lowest BCUT2D eigenvalue weighted by Crippen LogP contribution is -2.22. The molecule has 0 atom stereocenters. The van der Waals surface area contributed by atoms with Crippen LogP contribution in [0.4, 0.5) is 17.3 Å². The SMILES string of the molecule is CCC(CC)C(=O)Nc1ccc(Nc2cccc(OC)c2)nn1. The molecule has 1 amide bonds. The summed E-state index contributed by atoms with van der Waals surface area (Å²) < 4.78 is 5.18. The average molecular weight is 314 g/mol. The van der Waals surface area contributed by atoms with Crippen LogP contribution in [0.5, 0.6) is 5.75 Å². The van der Waals surface area contributed by atoms with Crippen LogP contribution in [0.25, 0.3) is 0 Å². The molecular weight excluding hydrogens is 292 g/mol. The molecule has 0 bridgehead atoms. The Morgan fingerprint density at radius 3 is 2.43 bits per heavy atom. The van der Waals surface area contributed by atoms with Gasteiger partial charge < -0.3 is 15.4 Å². The minimum Gasteiger partial charge on any atom is -0.497 e. The zero-order valence-electron chi connectivity index (χ0n) is 13.7. The normalized spacial score (nSPS) is 10.4. The van der Waals surface area contributed by atoms with Gasteiger partial charge in [0.15, 0.2) is 11.6 Å². The maximum atomic E-state index is 12.0. The van der Waals surface area contributed by atoms with Gasteiger partial charge in [0.25, 0.3) is 0 Å². The highest BCUT2D eigenvalue weighted by Gasteiger charge is 2.14. The monoisotopic (exact) mass is 314 g/mol. The van der Waals surface area contributed by atoms with Crippen molar-refractivity contribution in [3.8, 4) is 5.75 Å². The second-order valence-corrected chi connectivity index (χ2v) is 5.16. The number of amides is 1. The van der Waals surface area contributed by atoms with Gasteiger partial charge in [-0.3, -0.25) is 4.79 Å². The molecule has 122 valence electrons. The third-order valence-corrected chi connectivity index (χ3v) is 3.61. The molecule has 23 heavy (non-hydrogen) atoms. The summed E-state index contributed by atoms with van der Waals surface area (Å²) in [5.74, 6) is 1.80. The summed E-state index contributed by atoms with van der Waals surface area (Å²) in [6, 6.07) is 11.0. The fourth-order valence-corrected chi connectivity index (χ4v) is 2.20. The van der Waals surface area contributed by atoms with Crippen molar-refractivity contribution in [3.63, 3.8) is 0 Å². The van der Waals surface area contributed by atoms with E-state index in [4.69, 9.17) is 4.74 Å². The molecule has 0 radical (unpaired) electrons. The van der Waals surface area contributed by atoms with Gasteiger partial charge in [-0.2, -0.15) is 0 Å². The number of methoxy groups -OCH3 is 1. The molecule has 0 unspecified atom stereocenters. The van der Waals surface area contributed by atoms with E-state index in [2.05, 4.69) is 20.8 Å². The molecule has 0 saturated heterocycles. The predicted molar refractivity (Wildman–Crippen MR) is 91.0 cm³/mol. The summed E-state index contributed by atoms with van der Waals surface area (Å²) in [7, 11) is 1.62. The Balaban J connectivity index is 2.00. The number of nitrogens with zero attached hydrogens (tertiary/aromatic N) is 2. The standard InChI is InChI=1S/C17H22N4O2/c1-4-12(5-2)17(22)19-16-10-9-15(20-21-16)18-13-7-6-8-14(11-13)23-3/h6-12H,4-5H2,1-3H3,(H,18,20)(H,19,21,22). The summed E-state index contributed by atoms with van der Waals surface area (Å²) in [5.41, 5.74) is 0.854. The van der Waals surface area contributed by atoms with E-state index in [0.717, 1.165) is 24.3 Å². The summed E-state index contributed by atoms with van der Waals surface area (Å²) in [6.45, 7) is 4.00. The van der Waals surface area contributed by atoms with Gasteiger partial charge in [0.1, 0.15) is 5.75 Å². The highest BCUT2D eigenvalue weighted by molar-refractivity contribution is 5.91. The Hall–Kier alpha value is -2.63. The summed E-state index contributed by atoms with van der Waals surface area (Å²) >= 11 is 0. The van der Waals surface area contributed by atoms with Crippen LogP contribution in [0, 0.1) is 5.92 Å². The van der Waals surface area contributed by atoms with E-state index in [1.807, 2.05) is 38.1 Å². The number of carbonyl (C=O) groups excluding carboxylic acids is 1. The van der Waals surface area contributed by atoms with Crippen LogP contribution in [0.15, 0.2) is 36.4 Å². The van der Waals surface area contributed by atoms with Gasteiger partial charge in [0, 0.05) is 17.7 Å². The molecule has 2 rings (SSSR count). The van der Waals surface area contributed by atoms with Crippen molar-refractivity contribution in [1.29, 1.82) is 0 Å². The van der Waals surface area contributed by atoms with Gasteiger partial charge in [-0.15, -0.1) is 10.2 Å².